The molecule has 198 valence electrons. The average Bonchev–Trinajstić information content (AvgIpc) is 2.81. The molecule has 0 heterocycles. The summed E-state index contributed by atoms with van der Waals surface area (Å²) in [6.45, 7) is 5.77. The Morgan fingerprint density at radius 1 is 1.00 bits per heavy atom. The fourth-order valence-electron chi connectivity index (χ4n) is 3.49. The molecule has 0 aliphatic carbocycles. The van der Waals surface area contributed by atoms with Crippen LogP contribution < -0.4 is 9.62 Å². The summed E-state index contributed by atoms with van der Waals surface area (Å²) in [7, 11) is -3.58. The predicted octanol–water partition coefficient (Wildman–Crippen LogP) is 5.53. The fourth-order valence-corrected chi connectivity index (χ4v) is 4.91. The van der Waals surface area contributed by atoms with Gasteiger partial charge in [-0.25, -0.2) is 8.42 Å². The minimum absolute atomic E-state index is 0.0374. The normalized spacial score (nSPS) is 13.1. The van der Waals surface area contributed by atoms with E-state index >= 15 is 0 Å². The van der Waals surface area contributed by atoms with Gasteiger partial charge in [0.05, 0.1) is 22.0 Å². The lowest BCUT2D eigenvalue weighted by Gasteiger charge is -2.30. The summed E-state index contributed by atoms with van der Waals surface area (Å²) < 4.78 is 26.0. The molecule has 2 rings (SSSR count). The van der Waals surface area contributed by atoms with E-state index in [4.69, 9.17) is 34.8 Å². The standard InChI is InChI=1S/C25H32Cl3N3O4S/c1-5-17(2)29-25(33)18(3)30(16-19-8-13-22(27)23(28)15-19)24(32)7-6-14-31(36(4,34)35)21-11-9-20(26)10-12-21/h8-13,15,17-18H,5-7,14,16H2,1-4H3,(H,29,33)/t17-,18-/m0/s1. The van der Waals surface area contributed by atoms with Crippen molar-refractivity contribution in [1.29, 1.82) is 0 Å². The van der Waals surface area contributed by atoms with E-state index in [0.717, 1.165) is 18.2 Å². The van der Waals surface area contributed by atoms with Gasteiger partial charge >= 0.3 is 0 Å². The van der Waals surface area contributed by atoms with Crippen LogP contribution in [-0.4, -0.2) is 50.0 Å². The SMILES string of the molecule is CC[C@H](C)NC(=O)[C@H](C)N(Cc1ccc(Cl)c(Cl)c1)C(=O)CCCN(c1ccc(Cl)cc1)S(C)(=O)=O. The Morgan fingerprint density at radius 2 is 1.64 bits per heavy atom. The lowest BCUT2D eigenvalue weighted by atomic mass is 10.1. The van der Waals surface area contributed by atoms with Crippen molar-refractivity contribution in [2.45, 2.75) is 58.7 Å². The number of hydrogen-bond donors (Lipinski definition) is 1. The first-order valence-corrected chi connectivity index (χ1v) is 14.6. The van der Waals surface area contributed by atoms with Crippen molar-refractivity contribution >= 4 is 62.3 Å². The van der Waals surface area contributed by atoms with E-state index in [-0.39, 0.29) is 43.8 Å². The summed E-state index contributed by atoms with van der Waals surface area (Å²) in [6, 6.07) is 10.7. The van der Waals surface area contributed by atoms with Crippen LogP contribution in [0.15, 0.2) is 42.5 Å². The molecule has 1 N–H and O–H groups in total. The lowest BCUT2D eigenvalue weighted by Crippen LogP contribution is -2.49. The van der Waals surface area contributed by atoms with Crippen molar-refractivity contribution in [3.8, 4) is 0 Å². The molecule has 2 aromatic carbocycles. The van der Waals surface area contributed by atoms with E-state index in [1.54, 1.807) is 49.4 Å². The average molecular weight is 577 g/mol. The third kappa shape index (κ3) is 8.83. The number of nitrogens with one attached hydrogen (secondary N) is 1. The zero-order valence-corrected chi connectivity index (χ0v) is 23.9. The van der Waals surface area contributed by atoms with Gasteiger partial charge in [0, 0.05) is 30.6 Å². The molecule has 0 saturated carbocycles. The van der Waals surface area contributed by atoms with E-state index in [2.05, 4.69) is 5.32 Å². The van der Waals surface area contributed by atoms with Gasteiger partial charge in [0.2, 0.25) is 21.8 Å². The van der Waals surface area contributed by atoms with Gasteiger partial charge in [0.25, 0.3) is 0 Å². The third-order valence-electron chi connectivity index (χ3n) is 5.77. The van der Waals surface area contributed by atoms with Crippen LogP contribution in [0.2, 0.25) is 15.1 Å². The van der Waals surface area contributed by atoms with Crippen LogP contribution in [0, 0.1) is 0 Å². The van der Waals surface area contributed by atoms with Gasteiger partial charge in [-0.15, -0.1) is 0 Å². The minimum atomic E-state index is -3.58. The molecule has 0 aromatic heterocycles. The van der Waals surface area contributed by atoms with E-state index in [9.17, 15) is 18.0 Å². The predicted molar refractivity (Wildman–Crippen MR) is 147 cm³/mol. The molecule has 0 spiro atoms. The smallest absolute Gasteiger partial charge is 0.242 e. The Bertz CT molecular complexity index is 1160. The molecular formula is C25H32Cl3N3O4S. The molecule has 0 aliphatic heterocycles. The van der Waals surface area contributed by atoms with Crippen LogP contribution in [0.1, 0.15) is 45.6 Å². The second-order valence-electron chi connectivity index (χ2n) is 8.68. The highest BCUT2D eigenvalue weighted by atomic mass is 35.5. The number of nitrogens with zero attached hydrogens (tertiary/aromatic N) is 2. The summed E-state index contributed by atoms with van der Waals surface area (Å²) >= 11 is 18.1. The van der Waals surface area contributed by atoms with Crippen molar-refractivity contribution in [3.63, 3.8) is 0 Å². The van der Waals surface area contributed by atoms with Crippen molar-refractivity contribution in [1.82, 2.24) is 10.2 Å². The third-order valence-corrected chi connectivity index (χ3v) is 7.96. The van der Waals surface area contributed by atoms with Gasteiger partial charge in [0.1, 0.15) is 6.04 Å². The van der Waals surface area contributed by atoms with E-state index in [1.807, 2.05) is 13.8 Å². The zero-order chi connectivity index (χ0) is 27.0. The van der Waals surface area contributed by atoms with Gasteiger partial charge in [-0.1, -0.05) is 47.8 Å². The highest BCUT2D eigenvalue weighted by Gasteiger charge is 2.27. The summed E-state index contributed by atoms with van der Waals surface area (Å²) in [5.74, 6) is -0.547. The number of carbonyl (C=O) groups is 2. The second kappa shape index (κ2) is 13.5. The van der Waals surface area contributed by atoms with Gasteiger partial charge in [-0.05, 0) is 68.7 Å². The van der Waals surface area contributed by atoms with Crippen LogP contribution in [0.5, 0.6) is 0 Å². The number of carbonyl (C=O) groups excluding carboxylic acids is 2. The topological polar surface area (TPSA) is 86.8 Å². The Balaban J connectivity index is 2.19. The second-order valence-corrected chi connectivity index (χ2v) is 11.8. The highest BCUT2D eigenvalue weighted by Crippen LogP contribution is 2.25. The number of benzene rings is 2. The molecule has 0 unspecified atom stereocenters. The number of sulfonamides is 1. The maximum absolute atomic E-state index is 13.3. The Hall–Kier alpha value is -2.00. The lowest BCUT2D eigenvalue weighted by molar-refractivity contribution is -0.140. The summed E-state index contributed by atoms with van der Waals surface area (Å²) in [6.07, 6.45) is 2.17. The number of hydrogen-bond acceptors (Lipinski definition) is 4. The molecule has 36 heavy (non-hydrogen) atoms. The van der Waals surface area contributed by atoms with Crippen LogP contribution in [-0.2, 0) is 26.2 Å². The van der Waals surface area contributed by atoms with Gasteiger partial charge in [0.15, 0.2) is 0 Å². The Morgan fingerprint density at radius 3 is 2.19 bits per heavy atom. The minimum Gasteiger partial charge on any atom is -0.352 e. The van der Waals surface area contributed by atoms with Gasteiger partial charge < -0.3 is 10.2 Å². The molecule has 0 saturated heterocycles. The van der Waals surface area contributed by atoms with Crippen LogP contribution in [0.3, 0.4) is 0 Å². The maximum Gasteiger partial charge on any atom is 0.242 e. The number of amides is 2. The maximum atomic E-state index is 13.3. The van der Waals surface area contributed by atoms with E-state index in [1.165, 1.54) is 9.21 Å². The molecule has 2 aromatic rings. The summed E-state index contributed by atoms with van der Waals surface area (Å²) in [5, 5.41) is 4.15. The number of rotatable bonds is 12. The molecule has 0 fully saturated rings. The van der Waals surface area contributed by atoms with E-state index < -0.39 is 16.1 Å². The van der Waals surface area contributed by atoms with Gasteiger partial charge in [-0.3, -0.25) is 13.9 Å². The van der Waals surface area contributed by atoms with Crippen molar-refractivity contribution in [3.05, 3.63) is 63.1 Å². The first-order chi connectivity index (χ1) is 16.8. The number of anilines is 1. The molecule has 0 bridgehead atoms. The van der Waals surface area contributed by atoms with Crippen LogP contribution in [0.4, 0.5) is 5.69 Å². The molecule has 11 heteroatoms. The van der Waals surface area contributed by atoms with Crippen molar-refractivity contribution < 1.29 is 18.0 Å². The van der Waals surface area contributed by atoms with Crippen LogP contribution in [0.25, 0.3) is 0 Å². The molecule has 2 atom stereocenters. The van der Waals surface area contributed by atoms with Crippen molar-refractivity contribution in [2.24, 2.45) is 0 Å². The first kappa shape index (κ1) is 30.2. The van der Waals surface area contributed by atoms with Gasteiger partial charge in [-0.2, -0.15) is 0 Å². The first-order valence-electron chi connectivity index (χ1n) is 11.6. The zero-order valence-electron chi connectivity index (χ0n) is 20.8. The quantitative estimate of drug-likeness (QED) is 0.360. The van der Waals surface area contributed by atoms with E-state index in [0.29, 0.717) is 20.8 Å². The molecule has 2 amide bonds. The van der Waals surface area contributed by atoms with Crippen LogP contribution >= 0.6 is 34.8 Å². The van der Waals surface area contributed by atoms with Crippen molar-refractivity contribution in [2.75, 3.05) is 17.1 Å². The monoisotopic (exact) mass is 575 g/mol. The Labute approximate surface area is 228 Å². The highest BCUT2D eigenvalue weighted by molar-refractivity contribution is 7.92. The molecular weight excluding hydrogens is 545 g/mol. The largest absolute Gasteiger partial charge is 0.352 e. The summed E-state index contributed by atoms with van der Waals surface area (Å²) in [5.41, 5.74) is 1.18. The Kier molecular flexibility index (Phi) is 11.3. The number of halogens is 3. The molecule has 0 radical (unpaired) electrons. The molecule has 0 aliphatic rings. The molecule has 7 nitrogen and oxygen atoms in total. The summed E-state index contributed by atoms with van der Waals surface area (Å²) in [4.78, 5) is 27.6. The fraction of sp³-hybridized carbons (Fsp3) is 0.440.